The molecule has 0 spiro atoms. The number of aryl methyl sites for hydroxylation is 1. The minimum atomic E-state index is -0.707. The molecule has 0 saturated carbocycles. The first kappa shape index (κ1) is 18.8. The van der Waals surface area contributed by atoms with Crippen LogP contribution in [0.15, 0.2) is 42.5 Å². The number of halogens is 1. The van der Waals surface area contributed by atoms with E-state index in [9.17, 15) is 9.59 Å². The summed E-state index contributed by atoms with van der Waals surface area (Å²) in [5, 5.41) is 2.95. The zero-order chi connectivity index (χ0) is 18.4. The molecule has 0 aliphatic heterocycles. The Balaban J connectivity index is 2.04. The summed E-state index contributed by atoms with van der Waals surface area (Å²) in [4.78, 5) is 24.0. The molecule has 2 aromatic carbocycles. The SMILES string of the molecule is CCOC(=O)c1ccc(NC(=O)C(C)Oc2ccccc2C)c(Cl)c1. The third kappa shape index (κ3) is 4.97. The van der Waals surface area contributed by atoms with Crippen molar-refractivity contribution in [1.82, 2.24) is 0 Å². The highest BCUT2D eigenvalue weighted by atomic mass is 35.5. The number of carbonyl (C=O) groups is 2. The molecule has 1 atom stereocenters. The van der Waals surface area contributed by atoms with Gasteiger partial charge in [-0.15, -0.1) is 0 Å². The fourth-order valence-electron chi connectivity index (χ4n) is 2.12. The Morgan fingerprint density at radius 3 is 2.56 bits per heavy atom. The molecule has 1 unspecified atom stereocenters. The standard InChI is InChI=1S/C19H20ClNO4/c1-4-24-19(23)14-9-10-16(15(20)11-14)21-18(22)13(3)25-17-8-6-5-7-12(17)2/h5-11,13H,4H2,1-3H3,(H,21,22). The minimum Gasteiger partial charge on any atom is -0.481 e. The van der Waals surface area contributed by atoms with Crippen molar-refractivity contribution in [1.29, 1.82) is 0 Å². The van der Waals surface area contributed by atoms with E-state index in [1.807, 2.05) is 25.1 Å². The number of nitrogens with one attached hydrogen (secondary N) is 1. The Morgan fingerprint density at radius 2 is 1.92 bits per heavy atom. The topological polar surface area (TPSA) is 64.6 Å². The number of benzene rings is 2. The van der Waals surface area contributed by atoms with Gasteiger partial charge in [0.2, 0.25) is 0 Å². The fraction of sp³-hybridized carbons (Fsp3) is 0.263. The predicted molar refractivity (Wildman–Crippen MR) is 97.3 cm³/mol. The molecule has 1 amide bonds. The van der Waals surface area contributed by atoms with Crippen molar-refractivity contribution in [3.8, 4) is 5.75 Å². The van der Waals surface area contributed by atoms with Gasteiger partial charge in [-0.25, -0.2) is 4.79 Å². The highest BCUT2D eigenvalue weighted by molar-refractivity contribution is 6.34. The van der Waals surface area contributed by atoms with Gasteiger partial charge in [0, 0.05) is 0 Å². The van der Waals surface area contributed by atoms with Gasteiger partial charge in [-0.2, -0.15) is 0 Å². The van der Waals surface area contributed by atoms with Crippen LogP contribution in [0.4, 0.5) is 5.69 Å². The van der Waals surface area contributed by atoms with Crippen LogP contribution in [-0.4, -0.2) is 24.6 Å². The van der Waals surface area contributed by atoms with Crippen LogP contribution in [0.5, 0.6) is 5.75 Å². The summed E-state index contributed by atoms with van der Waals surface area (Å²) in [5.41, 5.74) is 1.67. The predicted octanol–water partition coefficient (Wildman–Crippen LogP) is 4.23. The number of anilines is 1. The maximum absolute atomic E-state index is 12.3. The maximum Gasteiger partial charge on any atom is 0.338 e. The molecule has 1 N–H and O–H groups in total. The average molecular weight is 362 g/mol. The van der Waals surface area contributed by atoms with E-state index >= 15 is 0 Å². The van der Waals surface area contributed by atoms with Crippen LogP contribution in [0, 0.1) is 6.92 Å². The zero-order valence-electron chi connectivity index (χ0n) is 14.3. The number of rotatable bonds is 6. The summed E-state index contributed by atoms with van der Waals surface area (Å²) in [6, 6.07) is 12.0. The smallest absolute Gasteiger partial charge is 0.338 e. The zero-order valence-corrected chi connectivity index (χ0v) is 15.1. The van der Waals surface area contributed by atoms with Gasteiger partial charge in [-0.05, 0) is 50.6 Å². The van der Waals surface area contributed by atoms with Crippen LogP contribution in [0.2, 0.25) is 5.02 Å². The van der Waals surface area contributed by atoms with Gasteiger partial charge in [-0.3, -0.25) is 4.79 Å². The second kappa shape index (κ2) is 8.53. The van der Waals surface area contributed by atoms with Gasteiger partial charge in [0.25, 0.3) is 5.91 Å². The monoisotopic (exact) mass is 361 g/mol. The first-order valence-electron chi connectivity index (χ1n) is 7.92. The van der Waals surface area contributed by atoms with E-state index in [-0.39, 0.29) is 17.5 Å². The lowest BCUT2D eigenvalue weighted by molar-refractivity contribution is -0.122. The Kier molecular flexibility index (Phi) is 6.42. The van der Waals surface area contributed by atoms with Gasteiger partial charge in [0.1, 0.15) is 5.75 Å². The summed E-state index contributed by atoms with van der Waals surface area (Å²) < 4.78 is 10.6. The summed E-state index contributed by atoms with van der Waals surface area (Å²) in [5.74, 6) is -0.151. The van der Waals surface area contributed by atoms with Gasteiger partial charge in [0.15, 0.2) is 6.10 Å². The molecule has 0 bridgehead atoms. The molecule has 0 aromatic heterocycles. The molecule has 6 heteroatoms. The number of para-hydroxylation sites is 1. The fourth-order valence-corrected chi connectivity index (χ4v) is 2.35. The van der Waals surface area contributed by atoms with Crippen LogP contribution in [0.1, 0.15) is 29.8 Å². The Hall–Kier alpha value is -2.53. The van der Waals surface area contributed by atoms with Gasteiger partial charge in [-0.1, -0.05) is 29.8 Å². The van der Waals surface area contributed by atoms with Crippen molar-refractivity contribution in [2.75, 3.05) is 11.9 Å². The number of hydrogen-bond donors (Lipinski definition) is 1. The van der Waals surface area contributed by atoms with E-state index in [0.717, 1.165) is 5.56 Å². The van der Waals surface area contributed by atoms with E-state index in [2.05, 4.69) is 5.32 Å². The quantitative estimate of drug-likeness (QED) is 0.782. The minimum absolute atomic E-state index is 0.252. The maximum atomic E-state index is 12.3. The first-order valence-corrected chi connectivity index (χ1v) is 8.30. The van der Waals surface area contributed by atoms with E-state index in [1.165, 1.54) is 6.07 Å². The summed E-state index contributed by atoms with van der Waals surface area (Å²) >= 11 is 6.14. The molecular weight excluding hydrogens is 342 g/mol. The van der Waals surface area contributed by atoms with Gasteiger partial charge in [0.05, 0.1) is 22.9 Å². The van der Waals surface area contributed by atoms with Crippen molar-refractivity contribution in [3.05, 3.63) is 58.6 Å². The largest absolute Gasteiger partial charge is 0.481 e. The summed E-state index contributed by atoms with van der Waals surface area (Å²) in [7, 11) is 0. The lowest BCUT2D eigenvalue weighted by Crippen LogP contribution is -2.30. The molecule has 0 saturated heterocycles. The molecular formula is C19H20ClNO4. The third-order valence-electron chi connectivity index (χ3n) is 3.50. The van der Waals surface area contributed by atoms with Gasteiger partial charge < -0.3 is 14.8 Å². The first-order chi connectivity index (χ1) is 11.9. The van der Waals surface area contributed by atoms with Gasteiger partial charge >= 0.3 is 5.97 Å². The number of amides is 1. The molecule has 0 aliphatic rings. The van der Waals surface area contributed by atoms with E-state index in [4.69, 9.17) is 21.1 Å². The number of ether oxygens (including phenoxy) is 2. The van der Waals surface area contributed by atoms with Crippen molar-refractivity contribution in [2.24, 2.45) is 0 Å². The van der Waals surface area contributed by atoms with E-state index < -0.39 is 12.1 Å². The van der Waals surface area contributed by atoms with Crippen LogP contribution in [-0.2, 0) is 9.53 Å². The molecule has 0 aliphatic carbocycles. The van der Waals surface area contributed by atoms with Crippen LogP contribution >= 0.6 is 11.6 Å². The molecule has 0 heterocycles. The molecule has 25 heavy (non-hydrogen) atoms. The van der Waals surface area contributed by atoms with Crippen LogP contribution < -0.4 is 10.1 Å². The molecule has 132 valence electrons. The lowest BCUT2D eigenvalue weighted by Gasteiger charge is -2.17. The second-order valence-electron chi connectivity index (χ2n) is 5.43. The van der Waals surface area contributed by atoms with E-state index in [0.29, 0.717) is 17.0 Å². The molecule has 0 fully saturated rings. The summed E-state index contributed by atoms with van der Waals surface area (Å²) in [6.45, 7) is 5.57. The van der Waals surface area contributed by atoms with Crippen LogP contribution in [0.3, 0.4) is 0 Å². The highest BCUT2D eigenvalue weighted by Crippen LogP contribution is 2.24. The number of esters is 1. The molecule has 5 nitrogen and oxygen atoms in total. The Bertz CT molecular complexity index is 776. The third-order valence-corrected chi connectivity index (χ3v) is 3.82. The Morgan fingerprint density at radius 1 is 1.20 bits per heavy atom. The van der Waals surface area contributed by atoms with E-state index in [1.54, 1.807) is 32.0 Å². The van der Waals surface area contributed by atoms with Crippen molar-refractivity contribution >= 4 is 29.2 Å². The second-order valence-corrected chi connectivity index (χ2v) is 5.84. The highest BCUT2D eigenvalue weighted by Gasteiger charge is 2.18. The average Bonchev–Trinajstić information content (AvgIpc) is 2.58. The number of hydrogen-bond acceptors (Lipinski definition) is 4. The molecule has 2 aromatic rings. The number of carbonyl (C=O) groups excluding carboxylic acids is 2. The Labute approximate surface area is 151 Å². The van der Waals surface area contributed by atoms with Crippen molar-refractivity contribution < 1.29 is 19.1 Å². The van der Waals surface area contributed by atoms with Crippen molar-refractivity contribution in [2.45, 2.75) is 26.9 Å². The van der Waals surface area contributed by atoms with Crippen molar-refractivity contribution in [3.63, 3.8) is 0 Å². The molecule has 0 radical (unpaired) electrons. The molecule has 2 rings (SSSR count). The normalized spacial score (nSPS) is 11.5. The lowest BCUT2D eigenvalue weighted by atomic mass is 10.2. The van der Waals surface area contributed by atoms with Crippen LogP contribution in [0.25, 0.3) is 0 Å². The summed E-state index contributed by atoms with van der Waals surface area (Å²) in [6.07, 6.45) is -0.707.